The van der Waals surface area contributed by atoms with Gasteiger partial charge in [-0.15, -0.1) is 0 Å². The van der Waals surface area contributed by atoms with E-state index in [1.165, 1.54) is 11.8 Å². The van der Waals surface area contributed by atoms with Crippen molar-refractivity contribution in [2.75, 3.05) is 57.9 Å². The molecule has 1 aliphatic rings. The molecule has 3 atom stereocenters. The Labute approximate surface area is 157 Å². The van der Waals surface area contributed by atoms with Crippen molar-refractivity contribution in [2.45, 2.75) is 24.7 Å². The number of hydrogen-bond donors (Lipinski definition) is 6. The number of nitrogens with zero attached hydrogens (tertiary/aromatic N) is 2. The average molecular weight is 398 g/mol. The van der Waals surface area contributed by atoms with Crippen LogP contribution in [0.4, 0.5) is 0 Å². The highest BCUT2D eigenvalue weighted by atomic mass is 32.2. The van der Waals surface area contributed by atoms with E-state index in [0.29, 0.717) is 18.1 Å². The Balaban J connectivity index is 0.000000590. The Morgan fingerprint density at radius 2 is 1.54 bits per heavy atom. The molecule has 0 amide bonds. The van der Waals surface area contributed by atoms with Gasteiger partial charge in [0.05, 0.1) is 25.2 Å². The number of hydrogen-bond acceptors (Lipinski definition) is 9. The minimum Gasteiger partial charge on any atom is -0.481 e. The summed E-state index contributed by atoms with van der Waals surface area (Å²) in [6.45, 7) is 4.64. The quantitative estimate of drug-likeness (QED) is 0.232. The zero-order valence-electron chi connectivity index (χ0n) is 14.9. The van der Waals surface area contributed by atoms with Crippen LogP contribution in [-0.4, -0.2) is 129 Å². The molecule has 154 valence electrons. The van der Waals surface area contributed by atoms with Crippen molar-refractivity contribution >= 4 is 23.7 Å². The zero-order chi connectivity index (χ0) is 20.1. The summed E-state index contributed by atoms with van der Waals surface area (Å²) in [7, 11) is 2.11. The van der Waals surface area contributed by atoms with Gasteiger partial charge in [-0.2, -0.15) is 11.8 Å². The molecule has 0 spiro atoms. The molecule has 6 N–H and O–H groups in total. The van der Waals surface area contributed by atoms with E-state index in [1.54, 1.807) is 0 Å². The van der Waals surface area contributed by atoms with Crippen molar-refractivity contribution in [1.29, 1.82) is 0 Å². The molecule has 10 nitrogen and oxygen atoms in total. The van der Waals surface area contributed by atoms with Crippen LogP contribution in [0.5, 0.6) is 0 Å². The summed E-state index contributed by atoms with van der Waals surface area (Å²) in [6.07, 6.45) is -3.57. The molecule has 0 aromatic carbocycles. The fraction of sp³-hybridized carbons (Fsp3) is 0.867. The lowest BCUT2D eigenvalue weighted by atomic mass is 10.3. The first-order chi connectivity index (χ1) is 12.1. The van der Waals surface area contributed by atoms with Gasteiger partial charge in [-0.25, -0.2) is 4.79 Å². The molecule has 1 heterocycles. The summed E-state index contributed by atoms with van der Waals surface area (Å²) in [4.78, 5) is 24.0. The van der Waals surface area contributed by atoms with Crippen LogP contribution in [0.2, 0.25) is 0 Å². The summed E-state index contributed by atoms with van der Waals surface area (Å²) < 4.78 is 0. The van der Waals surface area contributed by atoms with Gasteiger partial charge < -0.3 is 35.5 Å². The highest BCUT2D eigenvalue weighted by Crippen LogP contribution is 2.08. The van der Waals surface area contributed by atoms with E-state index in [4.69, 9.17) is 25.5 Å². The molecule has 0 saturated carbocycles. The lowest BCUT2D eigenvalue weighted by Gasteiger charge is -2.33. The number of carbonyl (C=O) groups is 2. The summed E-state index contributed by atoms with van der Waals surface area (Å²) in [5, 5.41) is 51.8. The Kier molecular flexibility index (Phi) is 13.6. The lowest BCUT2D eigenvalue weighted by molar-refractivity contribution is -0.152. The Morgan fingerprint density at radius 3 is 1.96 bits per heavy atom. The van der Waals surface area contributed by atoms with Crippen molar-refractivity contribution in [3.63, 3.8) is 0 Å². The minimum absolute atomic E-state index is 0.207. The van der Waals surface area contributed by atoms with Crippen LogP contribution in [-0.2, 0) is 9.59 Å². The SMILES string of the molecule is CN1CCN(CC(O)CSCC(O)CO)CC1.O=C(O)CC(O)C(=O)O. The van der Waals surface area contributed by atoms with E-state index in [2.05, 4.69) is 16.8 Å². The zero-order valence-corrected chi connectivity index (χ0v) is 15.7. The fourth-order valence-electron chi connectivity index (χ4n) is 2.03. The van der Waals surface area contributed by atoms with E-state index in [-0.39, 0.29) is 12.7 Å². The normalized spacial score (nSPS) is 19.1. The van der Waals surface area contributed by atoms with Gasteiger partial charge in [-0.1, -0.05) is 0 Å². The van der Waals surface area contributed by atoms with E-state index in [1.807, 2.05) is 0 Å². The summed E-state index contributed by atoms with van der Waals surface area (Å²) in [6, 6.07) is 0. The van der Waals surface area contributed by atoms with Gasteiger partial charge in [0, 0.05) is 44.2 Å². The van der Waals surface area contributed by atoms with Crippen molar-refractivity contribution in [1.82, 2.24) is 9.80 Å². The molecule has 1 aliphatic heterocycles. The van der Waals surface area contributed by atoms with Gasteiger partial charge in [-0.3, -0.25) is 9.69 Å². The molecule has 1 fully saturated rings. The summed E-state index contributed by atoms with van der Waals surface area (Å²) in [5.41, 5.74) is 0. The number of β-amino-alcohol motifs (C(OH)–C–C–N with tert-alkyl or cyclic N) is 1. The second-order valence-electron chi connectivity index (χ2n) is 6.08. The average Bonchev–Trinajstić information content (AvgIpc) is 2.56. The maximum absolute atomic E-state index is 9.83. The fourth-order valence-corrected chi connectivity index (χ4v) is 2.92. The van der Waals surface area contributed by atoms with Gasteiger partial charge in [0.2, 0.25) is 0 Å². The highest BCUT2D eigenvalue weighted by Gasteiger charge is 2.17. The Bertz CT molecular complexity index is 407. The molecule has 11 heteroatoms. The molecule has 1 rings (SSSR count). The topological polar surface area (TPSA) is 162 Å². The van der Waals surface area contributed by atoms with Crippen LogP contribution in [0, 0.1) is 0 Å². The molecular weight excluding hydrogens is 368 g/mol. The van der Waals surface area contributed by atoms with E-state index >= 15 is 0 Å². The third-order valence-electron chi connectivity index (χ3n) is 3.55. The predicted octanol–water partition coefficient (Wildman–Crippen LogP) is -2.41. The molecule has 26 heavy (non-hydrogen) atoms. The maximum atomic E-state index is 9.83. The van der Waals surface area contributed by atoms with Crippen LogP contribution in [0.1, 0.15) is 6.42 Å². The predicted molar refractivity (Wildman–Crippen MR) is 96.3 cm³/mol. The third kappa shape index (κ3) is 13.3. The first kappa shape index (κ1) is 25.1. The van der Waals surface area contributed by atoms with Crippen LogP contribution in [0.3, 0.4) is 0 Å². The number of rotatable bonds is 10. The van der Waals surface area contributed by atoms with E-state index < -0.39 is 30.6 Å². The standard InChI is InChI=1S/C11H24N2O3S.C4H6O5/c1-12-2-4-13(5-3-12)6-10(15)8-17-9-11(16)7-14;5-2(4(8)9)1-3(6)7/h10-11,14-16H,2-9H2,1H3;2,5H,1H2,(H,6,7)(H,8,9). The van der Waals surface area contributed by atoms with Gasteiger partial charge in [0.15, 0.2) is 6.10 Å². The highest BCUT2D eigenvalue weighted by molar-refractivity contribution is 7.99. The Morgan fingerprint density at radius 1 is 1.00 bits per heavy atom. The molecule has 0 aliphatic carbocycles. The second-order valence-corrected chi connectivity index (χ2v) is 7.16. The number of likely N-dealkylation sites (N-methyl/N-ethyl adjacent to an activating group) is 1. The molecule has 0 aromatic heterocycles. The smallest absolute Gasteiger partial charge is 0.333 e. The second kappa shape index (κ2) is 14.2. The molecule has 0 radical (unpaired) electrons. The minimum atomic E-state index is -1.79. The number of thioether (sulfide) groups is 1. The molecule has 3 unspecified atom stereocenters. The van der Waals surface area contributed by atoms with Crippen molar-refractivity contribution in [3.8, 4) is 0 Å². The van der Waals surface area contributed by atoms with E-state index in [9.17, 15) is 14.7 Å². The molecule has 0 bridgehead atoms. The van der Waals surface area contributed by atoms with Crippen molar-refractivity contribution < 1.29 is 40.2 Å². The number of carboxylic acid groups (broad SMARTS) is 2. The maximum Gasteiger partial charge on any atom is 0.333 e. The van der Waals surface area contributed by atoms with Crippen LogP contribution in [0.15, 0.2) is 0 Å². The van der Waals surface area contributed by atoms with E-state index in [0.717, 1.165) is 26.2 Å². The van der Waals surface area contributed by atoms with Crippen LogP contribution >= 0.6 is 11.8 Å². The van der Waals surface area contributed by atoms with Gasteiger partial charge in [0.1, 0.15) is 0 Å². The number of aliphatic carboxylic acids is 2. The molecule has 1 saturated heterocycles. The summed E-state index contributed by atoms with van der Waals surface area (Å²) >= 11 is 1.49. The third-order valence-corrected chi connectivity index (χ3v) is 4.79. The van der Waals surface area contributed by atoms with Crippen LogP contribution < -0.4 is 0 Å². The van der Waals surface area contributed by atoms with Gasteiger partial charge >= 0.3 is 11.9 Å². The van der Waals surface area contributed by atoms with Crippen molar-refractivity contribution in [2.24, 2.45) is 0 Å². The summed E-state index contributed by atoms with van der Waals surface area (Å²) in [5.74, 6) is -1.75. The molecule has 0 aromatic rings. The van der Waals surface area contributed by atoms with Gasteiger partial charge in [0.25, 0.3) is 0 Å². The first-order valence-corrected chi connectivity index (χ1v) is 9.39. The van der Waals surface area contributed by atoms with Crippen molar-refractivity contribution in [3.05, 3.63) is 0 Å². The number of carboxylic acids is 2. The number of aliphatic hydroxyl groups is 4. The largest absolute Gasteiger partial charge is 0.481 e. The Hall–Kier alpha value is -0.950. The van der Waals surface area contributed by atoms with Gasteiger partial charge in [-0.05, 0) is 7.05 Å². The molecular formula is C15H30N2O8S. The first-order valence-electron chi connectivity index (χ1n) is 8.24. The monoisotopic (exact) mass is 398 g/mol. The van der Waals surface area contributed by atoms with Crippen LogP contribution in [0.25, 0.3) is 0 Å². The lowest BCUT2D eigenvalue weighted by Crippen LogP contribution is -2.47. The number of piperazine rings is 1. The number of aliphatic hydroxyl groups excluding tert-OH is 4.